The zero-order valence-electron chi connectivity index (χ0n) is 56.4. The van der Waals surface area contributed by atoms with Gasteiger partial charge in [0.05, 0.1) is 33.0 Å². The van der Waals surface area contributed by atoms with E-state index >= 15 is 0 Å². The smallest absolute Gasteiger partial charge is 0.302 e. The Morgan fingerprint density at radius 3 is 1.34 bits per heavy atom. The number of anilines is 8. The minimum absolute atomic E-state index is 0.0524. The third-order valence-electron chi connectivity index (χ3n) is 17.2. The Balaban J connectivity index is 0.000000152. The summed E-state index contributed by atoms with van der Waals surface area (Å²) in [6, 6.07) is 18.5. The summed E-state index contributed by atoms with van der Waals surface area (Å²) in [7, 11) is 4.65. The standard InChI is InChI=1S/C31H33N7O4.C29H31N7O3.C11H11ClN4O/c1-18-32-9-7-27(35-18)36-24-12-21(16-34-29(24)41-5)22-6-8-33-28(23(22)17-42-19(2)39)38-11-10-37-25(30(38)40)13-20-14-31(3,4)15-26(20)37;1-17-30-8-6-25(33-17)34-22-11-19(15-32-27(22)39-4)20-5-7-31-26(21(20)16-37)36-10-9-35-23(28(36)38)12-18-13-29(2,3)14-24(18)35;1-7-13-4-3-10(15-7)16-9-5-8(12)6-14-11(9)17-2/h6-9,12-13,16H,10-11,14-15,17H2,1-5H3,(H,32,35,36);5-8,11-12,15,37H,9-10,13-14,16H2,1-4H3,(H,30,33,34);3-6H,1-2H3,(H,13,15,16). The number of halogens is 1. The average Bonchev–Trinajstić information content (AvgIpc) is 1.55. The molecular formula is C71H75ClN18O8. The highest BCUT2D eigenvalue weighted by molar-refractivity contribution is 6.30. The molecule has 0 aromatic carbocycles. The van der Waals surface area contributed by atoms with Gasteiger partial charge in [-0.3, -0.25) is 24.2 Å². The molecule has 0 atom stereocenters. The fourth-order valence-corrected chi connectivity index (χ4v) is 13.2. The fraction of sp³-hybridized carbons (Fsp3) is 0.324. The van der Waals surface area contributed by atoms with Crippen LogP contribution in [0.4, 0.5) is 46.2 Å². The molecule has 0 saturated carbocycles. The highest BCUT2D eigenvalue weighted by atomic mass is 35.5. The lowest BCUT2D eigenvalue weighted by Gasteiger charge is -2.31. The molecule has 2 aliphatic carbocycles. The number of methoxy groups -OCH3 is 3. The number of hydrogen-bond acceptors (Lipinski definition) is 22. The molecule has 10 aromatic rings. The summed E-state index contributed by atoms with van der Waals surface area (Å²) in [5.41, 5.74) is 12.8. The molecule has 2 aliphatic heterocycles. The molecule has 98 heavy (non-hydrogen) atoms. The topological polar surface area (TPSA) is 303 Å². The first kappa shape index (κ1) is 67.0. The van der Waals surface area contributed by atoms with Crippen molar-refractivity contribution in [1.82, 2.24) is 64.0 Å². The number of carbonyl (C=O) groups excluding carboxylic acids is 3. The van der Waals surface area contributed by atoms with Gasteiger partial charge < -0.3 is 49.1 Å². The SMILES string of the molecule is COc1ncc(-c2ccnc(N3CCn4c(cc5c4CC(C)(C)C5)C3=O)c2CO)cc1Nc1ccnc(C)n1.COc1ncc(-c2ccnc(N3CCn4c(cc5c4CC(C)(C)C5)C3=O)c2COC(C)=O)cc1Nc1ccnc(C)n1.COc1ncc(Cl)cc1Nc1ccnc(C)n1. The number of esters is 1. The molecule has 12 heterocycles. The molecule has 0 fully saturated rings. The first-order valence-corrected chi connectivity index (χ1v) is 32.2. The van der Waals surface area contributed by atoms with Gasteiger partial charge in [0.25, 0.3) is 11.8 Å². The van der Waals surface area contributed by atoms with Crippen molar-refractivity contribution in [1.29, 1.82) is 0 Å². The summed E-state index contributed by atoms with van der Waals surface area (Å²) in [5, 5.41) is 20.6. The van der Waals surface area contributed by atoms with E-state index in [1.54, 1.807) is 98.8 Å². The van der Waals surface area contributed by atoms with Crippen LogP contribution in [-0.2, 0) is 61.5 Å². The molecule has 26 nitrogen and oxygen atoms in total. The largest absolute Gasteiger partial charge is 0.480 e. The summed E-state index contributed by atoms with van der Waals surface area (Å²) in [6.45, 7) is 17.8. The molecule has 4 N–H and O–H groups in total. The van der Waals surface area contributed by atoms with Crippen LogP contribution in [0.2, 0.25) is 5.02 Å². The molecule has 0 saturated heterocycles. The van der Waals surface area contributed by atoms with E-state index in [1.807, 2.05) is 57.2 Å². The third-order valence-corrected chi connectivity index (χ3v) is 17.4. The average molecular weight is 1340 g/mol. The van der Waals surface area contributed by atoms with E-state index in [2.05, 4.69) is 108 Å². The predicted molar refractivity (Wildman–Crippen MR) is 370 cm³/mol. The monoisotopic (exact) mass is 1340 g/mol. The van der Waals surface area contributed by atoms with Crippen LogP contribution >= 0.6 is 11.6 Å². The van der Waals surface area contributed by atoms with Crippen molar-refractivity contribution >= 4 is 75.5 Å². The first-order valence-electron chi connectivity index (χ1n) is 31.8. The molecule has 10 aromatic heterocycles. The minimum atomic E-state index is -0.428. The van der Waals surface area contributed by atoms with Gasteiger partial charge in [-0.05, 0) is 140 Å². The number of ether oxygens (including phenoxy) is 4. The molecule has 0 spiro atoms. The van der Waals surface area contributed by atoms with Crippen LogP contribution in [0.15, 0.2) is 110 Å². The van der Waals surface area contributed by atoms with Crippen molar-refractivity contribution < 1.29 is 38.4 Å². The van der Waals surface area contributed by atoms with E-state index in [4.69, 9.17) is 30.5 Å². The van der Waals surface area contributed by atoms with Gasteiger partial charge in [0.15, 0.2) is 0 Å². The van der Waals surface area contributed by atoms with Crippen LogP contribution in [0.25, 0.3) is 22.3 Å². The maximum atomic E-state index is 13.9. The van der Waals surface area contributed by atoms with Crippen LogP contribution in [0.5, 0.6) is 17.6 Å². The van der Waals surface area contributed by atoms with Crippen LogP contribution in [0.3, 0.4) is 0 Å². The van der Waals surface area contributed by atoms with Gasteiger partial charge in [-0.25, -0.2) is 54.8 Å². The molecule has 14 rings (SSSR count). The van der Waals surface area contributed by atoms with Crippen molar-refractivity contribution in [3.8, 4) is 39.9 Å². The minimum Gasteiger partial charge on any atom is -0.480 e. The van der Waals surface area contributed by atoms with E-state index < -0.39 is 5.97 Å². The number of aliphatic hydroxyl groups is 1. The Labute approximate surface area is 571 Å². The number of rotatable bonds is 16. The lowest BCUT2D eigenvalue weighted by Crippen LogP contribution is -2.41. The molecule has 0 unspecified atom stereocenters. The zero-order chi connectivity index (χ0) is 69.2. The number of nitrogens with one attached hydrogen (secondary N) is 3. The van der Waals surface area contributed by atoms with Gasteiger partial charge in [-0.1, -0.05) is 39.3 Å². The van der Waals surface area contributed by atoms with Crippen LogP contribution in [-0.4, -0.2) is 121 Å². The first-order chi connectivity index (χ1) is 47.1. The Hall–Kier alpha value is -11.0. The van der Waals surface area contributed by atoms with Crippen LogP contribution in [0.1, 0.15) is 107 Å². The number of pyridine rings is 5. The number of aliphatic hydroxyl groups excluding tert-OH is 1. The maximum absolute atomic E-state index is 13.9. The predicted octanol–water partition coefficient (Wildman–Crippen LogP) is 11.3. The van der Waals surface area contributed by atoms with Crippen LogP contribution in [0, 0.1) is 31.6 Å². The molecule has 0 radical (unpaired) electrons. The maximum Gasteiger partial charge on any atom is 0.302 e. The van der Waals surface area contributed by atoms with E-state index in [0.29, 0.717) is 135 Å². The van der Waals surface area contributed by atoms with Crippen molar-refractivity contribution in [2.75, 3.05) is 60.2 Å². The summed E-state index contributed by atoms with van der Waals surface area (Å²) in [5.74, 6) is 5.34. The summed E-state index contributed by atoms with van der Waals surface area (Å²) >= 11 is 5.88. The van der Waals surface area contributed by atoms with Gasteiger partial charge in [-0.2, -0.15) is 0 Å². The summed E-state index contributed by atoms with van der Waals surface area (Å²) in [4.78, 5) is 90.5. The van der Waals surface area contributed by atoms with E-state index in [0.717, 1.165) is 47.9 Å². The second-order valence-electron chi connectivity index (χ2n) is 25.6. The van der Waals surface area contributed by atoms with Crippen molar-refractivity contribution in [2.24, 2.45) is 10.8 Å². The van der Waals surface area contributed by atoms with Gasteiger partial charge in [0.2, 0.25) is 17.6 Å². The summed E-state index contributed by atoms with van der Waals surface area (Å²) in [6.07, 6.45) is 17.1. The van der Waals surface area contributed by atoms with Crippen LogP contribution < -0.4 is 40.0 Å². The molecular weight excluding hydrogens is 1270 g/mol. The van der Waals surface area contributed by atoms with Crippen molar-refractivity contribution in [2.45, 2.75) is 107 Å². The molecule has 4 aliphatic rings. The number of nitrogens with zero attached hydrogens (tertiary/aromatic N) is 15. The Morgan fingerprint density at radius 2 is 0.929 bits per heavy atom. The van der Waals surface area contributed by atoms with Gasteiger partial charge >= 0.3 is 5.97 Å². The van der Waals surface area contributed by atoms with Crippen molar-refractivity contribution in [3.63, 3.8) is 0 Å². The molecule has 504 valence electrons. The number of aromatic nitrogens is 13. The van der Waals surface area contributed by atoms with E-state index in [-0.39, 0.29) is 35.9 Å². The second kappa shape index (κ2) is 28.0. The van der Waals surface area contributed by atoms with Gasteiger partial charge in [-0.15, -0.1) is 0 Å². The Kier molecular flexibility index (Phi) is 19.1. The Morgan fingerprint density at radius 1 is 0.531 bits per heavy atom. The quantitative estimate of drug-likeness (QED) is 0.0653. The lowest BCUT2D eigenvalue weighted by atomic mass is 9.90. The fourth-order valence-electron chi connectivity index (χ4n) is 13.0. The molecule has 2 amide bonds. The highest BCUT2D eigenvalue weighted by Crippen LogP contribution is 2.43. The number of hydrogen-bond donors (Lipinski definition) is 4. The number of amides is 2. The van der Waals surface area contributed by atoms with Gasteiger partial charge in [0, 0.05) is 116 Å². The van der Waals surface area contributed by atoms with Gasteiger partial charge in [0.1, 0.15) is 81.6 Å². The number of aryl methyl sites for hydroxylation is 3. The van der Waals surface area contributed by atoms with E-state index in [1.165, 1.54) is 35.6 Å². The number of carbonyl (C=O) groups is 3. The normalized spacial score (nSPS) is 14.5. The second-order valence-corrected chi connectivity index (χ2v) is 26.1. The third kappa shape index (κ3) is 14.3. The van der Waals surface area contributed by atoms with E-state index in [9.17, 15) is 19.5 Å². The zero-order valence-corrected chi connectivity index (χ0v) is 57.1. The van der Waals surface area contributed by atoms with Crippen molar-refractivity contribution in [3.05, 3.63) is 178 Å². The summed E-state index contributed by atoms with van der Waals surface area (Å²) < 4.78 is 25.9. The Bertz CT molecular complexity index is 4710. The molecule has 0 bridgehead atoms. The number of fused-ring (bicyclic) bond motifs is 6. The molecule has 27 heteroatoms. The highest BCUT2D eigenvalue weighted by Gasteiger charge is 2.40. The lowest BCUT2D eigenvalue weighted by molar-refractivity contribution is -0.142.